The molecule has 13 heteroatoms. The first-order valence-corrected chi connectivity index (χ1v) is 12.5. The maximum atomic E-state index is 12.9. The minimum absolute atomic E-state index is 0. The van der Waals surface area contributed by atoms with Crippen LogP contribution in [0.4, 0.5) is 0 Å². The molecule has 0 saturated carbocycles. The fourth-order valence-electron chi connectivity index (χ4n) is 2.76. The molecule has 0 unspecified atom stereocenters. The lowest BCUT2D eigenvalue weighted by Crippen LogP contribution is -2.44. The van der Waals surface area contributed by atoms with E-state index in [-0.39, 0.29) is 33.4 Å². The lowest BCUT2D eigenvalue weighted by molar-refractivity contribution is 0.0675. The molecule has 1 aliphatic heterocycles. The molecule has 0 bridgehead atoms. The van der Waals surface area contributed by atoms with Crippen molar-refractivity contribution in [1.82, 2.24) is 9.62 Å². The van der Waals surface area contributed by atoms with Gasteiger partial charge in [0.15, 0.2) is 0 Å². The van der Waals surface area contributed by atoms with Gasteiger partial charge in [-0.05, 0) is 25.5 Å². The average molecular weight is 478 g/mol. The van der Waals surface area contributed by atoms with Gasteiger partial charge in [0, 0.05) is 38.4 Å². The standard InChI is InChI=1S/C15H27N3O6S3.ClH/c1-3-5-17-13-11-18(6-4-7-24-9-8-23-2)27(21,22)15-12(13)10-14(25-15)26(16,19)20;/h10,13,17H,3-9,11H2,1-2H3,(H2,16,19,20);1H/t13-;/m0./s1. The SMILES string of the molecule is CCCN[C@H]1CN(CCCOCCOC)S(=O)(=O)c2sc(S(N)(=O)=O)cc21.Cl. The van der Waals surface area contributed by atoms with Gasteiger partial charge in [0.2, 0.25) is 10.0 Å². The second-order valence-electron chi connectivity index (χ2n) is 6.18. The number of thiophene rings is 1. The molecule has 3 N–H and O–H groups in total. The lowest BCUT2D eigenvalue weighted by Gasteiger charge is -2.32. The molecule has 0 saturated heterocycles. The first kappa shape index (κ1) is 25.7. The van der Waals surface area contributed by atoms with Crippen molar-refractivity contribution in [3.05, 3.63) is 11.6 Å². The van der Waals surface area contributed by atoms with Crippen LogP contribution in [0.15, 0.2) is 14.5 Å². The molecular formula is C15H28ClN3O6S3. The van der Waals surface area contributed by atoms with Crippen LogP contribution in [0.25, 0.3) is 0 Å². The fraction of sp³-hybridized carbons (Fsp3) is 0.733. The van der Waals surface area contributed by atoms with E-state index in [0.717, 1.165) is 6.42 Å². The number of hydrogen-bond acceptors (Lipinski definition) is 8. The topological polar surface area (TPSA) is 128 Å². The largest absolute Gasteiger partial charge is 0.382 e. The number of ether oxygens (including phenoxy) is 2. The van der Waals surface area contributed by atoms with E-state index in [4.69, 9.17) is 14.6 Å². The Bertz CT molecular complexity index is 828. The molecule has 2 rings (SSSR count). The fourth-order valence-corrected chi connectivity index (χ4v) is 7.07. The van der Waals surface area contributed by atoms with Crippen molar-refractivity contribution in [1.29, 1.82) is 0 Å². The molecule has 1 aromatic rings. The molecule has 1 aliphatic rings. The summed E-state index contributed by atoms with van der Waals surface area (Å²) in [6.45, 7) is 4.60. The summed E-state index contributed by atoms with van der Waals surface area (Å²) in [5.41, 5.74) is 0.477. The van der Waals surface area contributed by atoms with Crippen LogP contribution in [-0.4, -0.2) is 67.7 Å². The number of methoxy groups -OCH3 is 1. The van der Waals surface area contributed by atoms with E-state index in [1.54, 1.807) is 7.11 Å². The first-order chi connectivity index (χ1) is 12.7. The molecule has 0 radical (unpaired) electrons. The molecule has 0 fully saturated rings. The van der Waals surface area contributed by atoms with Crippen LogP contribution in [0.3, 0.4) is 0 Å². The third-order valence-electron chi connectivity index (χ3n) is 4.09. The monoisotopic (exact) mass is 477 g/mol. The van der Waals surface area contributed by atoms with Crippen molar-refractivity contribution >= 4 is 43.8 Å². The van der Waals surface area contributed by atoms with Crippen LogP contribution in [0.5, 0.6) is 0 Å². The number of sulfonamides is 2. The Morgan fingerprint density at radius 3 is 2.68 bits per heavy atom. The van der Waals surface area contributed by atoms with E-state index < -0.39 is 20.0 Å². The molecule has 28 heavy (non-hydrogen) atoms. The molecular weight excluding hydrogens is 450 g/mol. The second-order valence-corrected chi connectivity index (χ2v) is 11.2. The molecule has 9 nitrogen and oxygen atoms in total. The van der Waals surface area contributed by atoms with Gasteiger partial charge in [-0.25, -0.2) is 22.0 Å². The van der Waals surface area contributed by atoms with Crippen molar-refractivity contribution in [2.45, 2.75) is 34.2 Å². The van der Waals surface area contributed by atoms with Gasteiger partial charge < -0.3 is 14.8 Å². The third kappa shape index (κ3) is 6.34. The van der Waals surface area contributed by atoms with Gasteiger partial charge in [-0.2, -0.15) is 4.31 Å². The van der Waals surface area contributed by atoms with Crippen molar-refractivity contribution < 1.29 is 26.3 Å². The molecule has 1 aromatic heterocycles. The number of nitrogens with zero attached hydrogens (tertiary/aromatic N) is 1. The molecule has 164 valence electrons. The zero-order valence-electron chi connectivity index (χ0n) is 15.9. The minimum atomic E-state index is -3.96. The zero-order chi connectivity index (χ0) is 20.1. The summed E-state index contributed by atoms with van der Waals surface area (Å²) in [5, 5.41) is 8.50. The Morgan fingerprint density at radius 1 is 1.36 bits per heavy atom. The highest BCUT2D eigenvalue weighted by Crippen LogP contribution is 2.39. The highest BCUT2D eigenvalue weighted by Gasteiger charge is 2.39. The molecule has 1 atom stereocenters. The first-order valence-electron chi connectivity index (χ1n) is 8.68. The van der Waals surface area contributed by atoms with Crippen molar-refractivity contribution in [2.24, 2.45) is 5.14 Å². The highest BCUT2D eigenvalue weighted by atomic mass is 35.5. The van der Waals surface area contributed by atoms with Crippen molar-refractivity contribution in [3.8, 4) is 0 Å². The number of hydrogen-bond donors (Lipinski definition) is 2. The van der Waals surface area contributed by atoms with Gasteiger partial charge in [0.1, 0.15) is 8.42 Å². The summed E-state index contributed by atoms with van der Waals surface area (Å²) in [6, 6.07) is 1.11. The Hall–Kier alpha value is -0.310. The summed E-state index contributed by atoms with van der Waals surface area (Å²) in [7, 11) is -6.14. The van der Waals surface area contributed by atoms with E-state index in [2.05, 4.69) is 5.32 Å². The molecule has 0 aliphatic carbocycles. The van der Waals surface area contributed by atoms with Gasteiger partial charge >= 0.3 is 0 Å². The number of primary sulfonamides is 1. The Labute approximate surface area is 177 Å². The smallest absolute Gasteiger partial charge is 0.252 e. The van der Waals surface area contributed by atoms with E-state index in [9.17, 15) is 16.8 Å². The van der Waals surface area contributed by atoms with E-state index in [1.807, 2.05) is 6.92 Å². The van der Waals surface area contributed by atoms with Crippen LogP contribution in [-0.2, 0) is 29.5 Å². The van der Waals surface area contributed by atoms with Crippen LogP contribution in [0, 0.1) is 0 Å². The third-order valence-corrected chi connectivity index (χ3v) is 9.05. The van der Waals surface area contributed by atoms with Crippen LogP contribution in [0.1, 0.15) is 31.4 Å². The summed E-state index contributed by atoms with van der Waals surface area (Å²) in [4.78, 5) is 0. The number of halogens is 1. The maximum absolute atomic E-state index is 12.9. The summed E-state index contributed by atoms with van der Waals surface area (Å²) in [6.07, 6.45) is 1.41. The number of nitrogens with two attached hydrogens (primary N) is 1. The number of nitrogens with one attached hydrogen (secondary N) is 1. The van der Waals surface area contributed by atoms with Gasteiger partial charge in [0.25, 0.3) is 10.0 Å². The molecule has 0 amide bonds. The number of rotatable bonds is 11. The Kier molecular flexibility index (Phi) is 10.3. The maximum Gasteiger partial charge on any atom is 0.252 e. The molecule has 2 heterocycles. The average Bonchev–Trinajstić information content (AvgIpc) is 3.06. The van der Waals surface area contributed by atoms with Gasteiger partial charge in [-0.1, -0.05) is 6.92 Å². The van der Waals surface area contributed by atoms with Crippen molar-refractivity contribution in [3.63, 3.8) is 0 Å². The molecule has 0 spiro atoms. The molecule has 0 aromatic carbocycles. The zero-order valence-corrected chi connectivity index (χ0v) is 19.2. The van der Waals surface area contributed by atoms with Crippen LogP contribution < -0.4 is 10.5 Å². The van der Waals surface area contributed by atoms with Crippen LogP contribution >= 0.6 is 23.7 Å². The Balaban J connectivity index is 0.00000392. The normalized spacial score (nSPS) is 19.2. The van der Waals surface area contributed by atoms with Crippen molar-refractivity contribution in [2.75, 3.05) is 46.6 Å². The van der Waals surface area contributed by atoms with Gasteiger partial charge in [-0.3, -0.25) is 0 Å². The summed E-state index contributed by atoms with van der Waals surface area (Å²) < 4.78 is 60.8. The van der Waals surface area contributed by atoms with Crippen LogP contribution in [0.2, 0.25) is 0 Å². The lowest BCUT2D eigenvalue weighted by atomic mass is 10.1. The summed E-state index contributed by atoms with van der Waals surface area (Å²) >= 11 is 0.710. The predicted molar refractivity (Wildman–Crippen MR) is 110 cm³/mol. The van der Waals surface area contributed by atoms with E-state index in [1.165, 1.54) is 10.4 Å². The van der Waals surface area contributed by atoms with Gasteiger partial charge in [0.05, 0.1) is 13.2 Å². The highest BCUT2D eigenvalue weighted by molar-refractivity contribution is 7.94. The minimum Gasteiger partial charge on any atom is -0.382 e. The van der Waals surface area contributed by atoms with E-state index in [0.29, 0.717) is 56.2 Å². The van der Waals surface area contributed by atoms with E-state index >= 15 is 0 Å². The quantitative estimate of drug-likeness (QED) is 0.453. The number of fused-ring (bicyclic) bond motifs is 1. The Morgan fingerprint density at radius 2 is 2.07 bits per heavy atom. The second kappa shape index (κ2) is 11.2. The van der Waals surface area contributed by atoms with Gasteiger partial charge in [-0.15, -0.1) is 23.7 Å². The summed E-state index contributed by atoms with van der Waals surface area (Å²) in [5.74, 6) is 0. The predicted octanol–water partition coefficient (Wildman–Crippen LogP) is 0.915.